The number of likely N-dealkylation sites (tertiary alicyclic amines) is 1. The highest BCUT2D eigenvalue weighted by Crippen LogP contribution is 2.23. The van der Waals surface area contributed by atoms with E-state index in [1.54, 1.807) is 0 Å². The van der Waals surface area contributed by atoms with Gasteiger partial charge in [-0.25, -0.2) is 0 Å². The maximum atomic E-state index is 12.1. The third kappa shape index (κ3) is 6.05. The summed E-state index contributed by atoms with van der Waals surface area (Å²) in [6, 6.07) is 6.08. The van der Waals surface area contributed by atoms with E-state index in [1.165, 1.54) is 11.1 Å². The molecule has 25 heavy (non-hydrogen) atoms. The number of nitrogens with zero attached hydrogens (tertiary/aromatic N) is 1. The van der Waals surface area contributed by atoms with E-state index in [0.29, 0.717) is 11.7 Å². The highest BCUT2D eigenvalue weighted by molar-refractivity contribution is 5.78. The van der Waals surface area contributed by atoms with Crippen LogP contribution in [-0.2, 0) is 9.59 Å². The van der Waals surface area contributed by atoms with Crippen molar-refractivity contribution in [3.8, 4) is 5.75 Å². The van der Waals surface area contributed by atoms with Gasteiger partial charge in [0, 0.05) is 19.1 Å². The summed E-state index contributed by atoms with van der Waals surface area (Å²) in [5.41, 5.74) is 7.67. The number of carbonyl (C=O) groups excluding carboxylic acids is 2. The number of amides is 2. The minimum atomic E-state index is -0.310. The number of benzene rings is 1. The molecule has 6 heteroatoms. The van der Waals surface area contributed by atoms with Crippen LogP contribution in [0.3, 0.4) is 0 Å². The van der Waals surface area contributed by atoms with Crippen molar-refractivity contribution in [3.63, 3.8) is 0 Å². The first-order chi connectivity index (χ1) is 11.8. The van der Waals surface area contributed by atoms with Crippen molar-refractivity contribution < 1.29 is 14.3 Å². The predicted octanol–water partition coefficient (Wildman–Crippen LogP) is 1.56. The van der Waals surface area contributed by atoms with Crippen LogP contribution >= 0.6 is 0 Å². The number of ether oxygens (including phenoxy) is 1. The second kappa shape index (κ2) is 8.85. The van der Waals surface area contributed by atoms with E-state index in [4.69, 9.17) is 10.5 Å². The SMILES string of the molecule is Cc1cc(OCC(=O)NC2CCN(CC(N)=O)CC2)ccc1C(C)C. The molecule has 0 atom stereocenters. The summed E-state index contributed by atoms with van der Waals surface area (Å²) in [4.78, 5) is 25.0. The smallest absolute Gasteiger partial charge is 0.258 e. The molecular formula is C19H29N3O3. The number of primary amides is 1. The zero-order valence-corrected chi connectivity index (χ0v) is 15.4. The van der Waals surface area contributed by atoms with Crippen molar-refractivity contribution in [1.29, 1.82) is 0 Å². The van der Waals surface area contributed by atoms with Gasteiger partial charge < -0.3 is 15.8 Å². The molecule has 2 rings (SSSR count). The number of nitrogens with two attached hydrogens (primary N) is 1. The van der Waals surface area contributed by atoms with Crippen LogP contribution in [0, 0.1) is 6.92 Å². The van der Waals surface area contributed by atoms with Crippen LogP contribution < -0.4 is 15.8 Å². The van der Waals surface area contributed by atoms with E-state index in [2.05, 4.69) is 32.2 Å². The van der Waals surface area contributed by atoms with Crippen molar-refractivity contribution >= 4 is 11.8 Å². The molecule has 0 bridgehead atoms. The molecule has 1 fully saturated rings. The van der Waals surface area contributed by atoms with E-state index < -0.39 is 0 Å². The fourth-order valence-electron chi connectivity index (χ4n) is 3.26. The molecule has 1 heterocycles. The van der Waals surface area contributed by atoms with Gasteiger partial charge >= 0.3 is 0 Å². The molecule has 0 radical (unpaired) electrons. The number of carbonyl (C=O) groups is 2. The molecule has 138 valence electrons. The number of piperidine rings is 1. The van der Waals surface area contributed by atoms with Gasteiger partial charge in [-0.15, -0.1) is 0 Å². The molecule has 1 aliphatic rings. The standard InChI is InChI=1S/C19H29N3O3/c1-13(2)17-5-4-16(10-14(17)3)25-12-19(24)21-15-6-8-22(9-7-15)11-18(20)23/h4-5,10,13,15H,6-9,11-12H2,1-3H3,(H2,20,23)(H,21,24). The molecule has 0 aromatic heterocycles. The van der Waals surface area contributed by atoms with Crippen LogP contribution in [0.25, 0.3) is 0 Å². The van der Waals surface area contributed by atoms with E-state index >= 15 is 0 Å². The third-order valence-corrected chi connectivity index (χ3v) is 4.57. The monoisotopic (exact) mass is 347 g/mol. The van der Waals surface area contributed by atoms with Crippen molar-refractivity contribution in [2.45, 2.75) is 45.6 Å². The average molecular weight is 347 g/mol. The van der Waals surface area contributed by atoms with Crippen LogP contribution in [0.5, 0.6) is 5.75 Å². The van der Waals surface area contributed by atoms with Crippen LogP contribution in [0.15, 0.2) is 18.2 Å². The Balaban J connectivity index is 1.74. The molecule has 1 aliphatic heterocycles. The van der Waals surface area contributed by atoms with Gasteiger partial charge in [-0.05, 0) is 48.9 Å². The molecule has 3 N–H and O–H groups in total. The van der Waals surface area contributed by atoms with Gasteiger partial charge in [0.15, 0.2) is 6.61 Å². The first-order valence-corrected chi connectivity index (χ1v) is 8.88. The lowest BCUT2D eigenvalue weighted by molar-refractivity contribution is -0.124. The Hall–Kier alpha value is -2.08. The first kappa shape index (κ1) is 19.2. The zero-order valence-electron chi connectivity index (χ0n) is 15.4. The fourth-order valence-corrected chi connectivity index (χ4v) is 3.26. The van der Waals surface area contributed by atoms with Crippen molar-refractivity contribution in [2.75, 3.05) is 26.2 Å². The lowest BCUT2D eigenvalue weighted by Gasteiger charge is -2.31. The maximum Gasteiger partial charge on any atom is 0.258 e. The summed E-state index contributed by atoms with van der Waals surface area (Å²) in [7, 11) is 0. The molecule has 2 amide bonds. The average Bonchev–Trinajstić information content (AvgIpc) is 2.54. The zero-order chi connectivity index (χ0) is 18.4. The van der Waals surface area contributed by atoms with Crippen LogP contribution in [0.2, 0.25) is 0 Å². The Labute approximate surface area is 149 Å². The summed E-state index contributed by atoms with van der Waals surface area (Å²) in [5.74, 6) is 0.764. The van der Waals surface area contributed by atoms with Gasteiger partial charge in [0.2, 0.25) is 5.91 Å². The highest BCUT2D eigenvalue weighted by Gasteiger charge is 2.21. The van der Waals surface area contributed by atoms with Crippen LogP contribution in [-0.4, -0.2) is 49.0 Å². The van der Waals surface area contributed by atoms with Crippen molar-refractivity contribution in [1.82, 2.24) is 10.2 Å². The minimum absolute atomic E-state index is 0.0158. The fraction of sp³-hybridized carbons (Fsp3) is 0.579. The summed E-state index contributed by atoms with van der Waals surface area (Å²) in [6.45, 7) is 8.21. The van der Waals surface area contributed by atoms with E-state index in [9.17, 15) is 9.59 Å². The van der Waals surface area contributed by atoms with Crippen molar-refractivity contribution in [2.24, 2.45) is 5.73 Å². The molecule has 1 saturated heterocycles. The number of nitrogens with one attached hydrogen (secondary N) is 1. The first-order valence-electron chi connectivity index (χ1n) is 8.88. The quantitative estimate of drug-likeness (QED) is 0.784. The summed E-state index contributed by atoms with van der Waals surface area (Å²) < 4.78 is 5.62. The van der Waals surface area contributed by atoms with Gasteiger partial charge in [0.1, 0.15) is 5.75 Å². The topological polar surface area (TPSA) is 84.7 Å². The number of rotatable bonds is 7. The van der Waals surface area contributed by atoms with Gasteiger partial charge in [-0.1, -0.05) is 19.9 Å². The van der Waals surface area contributed by atoms with Crippen LogP contribution in [0.1, 0.15) is 43.7 Å². The normalized spacial score (nSPS) is 16.0. The van der Waals surface area contributed by atoms with Crippen molar-refractivity contribution in [3.05, 3.63) is 29.3 Å². The van der Waals surface area contributed by atoms with Gasteiger partial charge in [-0.3, -0.25) is 14.5 Å². The molecular weight excluding hydrogens is 318 g/mol. The minimum Gasteiger partial charge on any atom is -0.484 e. The Morgan fingerprint density at radius 3 is 2.56 bits per heavy atom. The summed E-state index contributed by atoms with van der Waals surface area (Å²) >= 11 is 0. The lowest BCUT2D eigenvalue weighted by atomic mass is 9.98. The Morgan fingerprint density at radius 2 is 2.00 bits per heavy atom. The summed E-state index contributed by atoms with van der Waals surface area (Å²) in [5, 5.41) is 3.00. The van der Waals surface area contributed by atoms with Gasteiger partial charge in [0.25, 0.3) is 5.91 Å². The lowest BCUT2D eigenvalue weighted by Crippen LogP contribution is -2.47. The maximum absolute atomic E-state index is 12.1. The number of hydrogen-bond donors (Lipinski definition) is 2. The molecule has 0 saturated carbocycles. The third-order valence-electron chi connectivity index (χ3n) is 4.57. The summed E-state index contributed by atoms with van der Waals surface area (Å²) in [6.07, 6.45) is 1.64. The Morgan fingerprint density at radius 1 is 1.32 bits per heavy atom. The molecule has 1 aromatic carbocycles. The van der Waals surface area contributed by atoms with Gasteiger partial charge in [-0.2, -0.15) is 0 Å². The molecule has 1 aromatic rings. The molecule has 0 unspecified atom stereocenters. The molecule has 6 nitrogen and oxygen atoms in total. The molecule has 0 aliphatic carbocycles. The highest BCUT2D eigenvalue weighted by atomic mass is 16.5. The van der Waals surface area contributed by atoms with E-state index in [-0.39, 0.29) is 31.0 Å². The van der Waals surface area contributed by atoms with Crippen LogP contribution in [0.4, 0.5) is 0 Å². The second-order valence-corrected chi connectivity index (χ2v) is 7.05. The molecule has 0 spiro atoms. The second-order valence-electron chi connectivity index (χ2n) is 7.05. The van der Waals surface area contributed by atoms with E-state index in [0.717, 1.165) is 25.9 Å². The number of aryl methyl sites for hydroxylation is 1. The Bertz CT molecular complexity index is 608. The number of hydrogen-bond acceptors (Lipinski definition) is 4. The predicted molar refractivity (Wildman–Crippen MR) is 97.6 cm³/mol. The van der Waals surface area contributed by atoms with E-state index in [1.807, 2.05) is 17.0 Å². The largest absolute Gasteiger partial charge is 0.484 e. The Kier molecular flexibility index (Phi) is 6.82. The van der Waals surface area contributed by atoms with Gasteiger partial charge in [0.05, 0.1) is 6.54 Å².